The first-order valence-electron chi connectivity index (χ1n) is 9.82. The lowest BCUT2D eigenvalue weighted by Crippen LogP contribution is -2.35. The largest absolute Gasteiger partial charge is 0.494 e. The summed E-state index contributed by atoms with van der Waals surface area (Å²) in [5.74, 6) is 1.92. The monoisotopic (exact) mass is 369 g/mol. The molecule has 144 valence electrons. The first-order valence-corrected chi connectivity index (χ1v) is 9.82. The van der Waals surface area contributed by atoms with Crippen LogP contribution >= 0.6 is 0 Å². The van der Waals surface area contributed by atoms with Gasteiger partial charge in [-0.1, -0.05) is 18.2 Å². The molecule has 0 unspecified atom stereocenters. The molecule has 1 aliphatic heterocycles. The van der Waals surface area contributed by atoms with Crippen molar-refractivity contribution in [3.63, 3.8) is 0 Å². The van der Waals surface area contributed by atoms with E-state index in [-0.39, 0.29) is 18.1 Å². The number of aliphatic hydroxyl groups excluding tert-OH is 1. The smallest absolute Gasteiger partial charge is 0.222 e. The molecule has 1 aromatic carbocycles. The number of amides is 1. The van der Waals surface area contributed by atoms with Crippen molar-refractivity contribution in [3.8, 4) is 5.75 Å². The molecule has 6 heteroatoms. The highest BCUT2D eigenvalue weighted by atomic mass is 16.5. The molecule has 1 N–H and O–H groups in total. The molecular formula is C21H27N3O3. The van der Waals surface area contributed by atoms with Crippen molar-refractivity contribution in [1.82, 2.24) is 14.5 Å². The summed E-state index contributed by atoms with van der Waals surface area (Å²) in [6, 6.07) is 9.76. The number of likely N-dealkylation sites (tertiary alicyclic amines) is 1. The fourth-order valence-corrected chi connectivity index (χ4v) is 4.49. The van der Waals surface area contributed by atoms with Crippen LogP contribution in [0, 0.1) is 11.8 Å². The number of ether oxygens (including phenoxy) is 1. The topological polar surface area (TPSA) is 67.6 Å². The lowest BCUT2D eigenvalue weighted by Gasteiger charge is -2.35. The van der Waals surface area contributed by atoms with Crippen LogP contribution in [0.2, 0.25) is 0 Å². The Bertz CT molecular complexity index is 734. The van der Waals surface area contributed by atoms with E-state index in [9.17, 15) is 9.90 Å². The van der Waals surface area contributed by atoms with E-state index in [1.165, 1.54) is 0 Å². The molecule has 1 aromatic heterocycles. The predicted octanol–water partition coefficient (Wildman–Crippen LogP) is 2.51. The third kappa shape index (κ3) is 4.16. The van der Waals surface area contributed by atoms with Crippen molar-refractivity contribution < 1.29 is 14.6 Å². The zero-order valence-corrected chi connectivity index (χ0v) is 15.5. The van der Waals surface area contributed by atoms with Crippen molar-refractivity contribution in [1.29, 1.82) is 0 Å². The third-order valence-electron chi connectivity index (χ3n) is 5.92. The number of rotatable bonds is 6. The van der Waals surface area contributed by atoms with E-state index in [1.54, 1.807) is 12.5 Å². The first-order chi connectivity index (χ1) is 13.2. The van der Waals surface area contributed by atoms with Gasteiger partial charge in [0.2, 0.25) is 5.91 Å². The highest BCUT2D eigenvalue weighted by Crippen LogP contribution is 2.41. The Balaban J connectivity index is 1.24. The van der Waals surface area contributed by atoms with Crippen molar-refractivity contribution in [2.24, 2.45) is 11.8 Å². The SMILES string of the molecule is O=C(CCCOc1ccccc1)N1C[C@H]2C[C@@H](n3ccnc3)[C@H](O)C[C@H]2C1. The number of para-hydroxylation sites is 1. The van der Waals surface area contributed by atoms with Crippen LogP contribution in [-0.2, 0) is 4.79 Å². The second-order valence-electron chi connectivity index (χ2n) is 7.70. The Morgan fingerprint density at radius 2 is 1.96 bits per heavy atom. The summed E-state index contributed by atoms with van der Waals surface area (Å²) in [6.45, 7) is 2.13. The van der Waals surface area contributed by atoms with Gasteiger partial charge >= 0.3 is 0 Å². The Morgan fingerprint density at radius 3 is 2.70 bits per heavy atom. The van der Waals surface area contributed by atoms with Crippen LogP contribution < -0.4 is 4.74 Å². The molecule has 2 aromatic rings. The summed E-state index contributed by atoms with van der Waals surface area (Å²) in [4.78, 5) is 18.7. The Morgan fingerprint density at radius 1 is 1.19 bits per heavy atom. The molecule has 0 bridgehead atoms. The van der Waals surface area contributed by atoms with Crippen molar-refractivity contribution >= 4 is 5.91 Å². The quantitative estimate of drug-likeness (QED) is 0.795. The number of carbonyl (C=O) groups is 1. The Kier molecular flexibility index (Phi) is 5.43. The van der Waals surface area contributed by atoms with Crippen LogP contribution in [-0.4, -0.2) is 51.3 Å². The lowest BCUT2D eigenvalue weighted by atomic mass is 9.77. The predicted molar refractivity (Wildman–Crippen MR) is 101 cm³/mol. The summed E-state index contributed by atoms with van der Waals surface area (Å²) >= 11 is 0. The van der Waals surface area contributed by atoms with Gasteiger partial charge in [-0.25, -0.2) is 4.98 Å². The maximum atomic E-state index is 12.6. The highest BCUT2D eigenvalue weighted by Gasteiger charge is 2.43. The van der Waals surface area contributed by atoms with Crippen molar-refractivity contribution in [3.05, 3.63) is 49.1 Å². The minimum Gasteiger partial charge on any atom is -0.494 e. The van der Waals surface area contributed by atoms with E-state index < -0.39 is 0 Å². The zero-order chi connectivity index (χ0) is 18.6. The molecule has 0 radical (unpaired) electrons. The van der Waals surface area contributed by atoms with Crippen LogP contribution in [0.1, 0.15) is 31.7 Å². The van der Waals surface area contributed by atoms with Gasteiger partial charge in [-0.15, -0.1) is 0 Å². The molecular weight excluding hydrogens is 342 g/mol. The van der Waals surface area contributed by atoms with Crippen LogP contribution in [0.25, 0.3) is 0 Å². The molecule has 1 saturated carbocycles. The summed E-state index contributed by atoms with van der Waals surface area (Å²) in [7, 11) is 0. The summed E-state index contributed by atoms with van der Waals surface area (Å²) < 4.78 is 7.68. The van der Waals surface area contributed by atoms with E-state index in [0.29, 0.717) is 24.9 Å². The van der Waals surface area contributed by atoms with Crippen LogP contribution in [0.4, 0.5) is 0 Å². The zero-order valence-electron chi connectivity index (χ0n) is 15.5. The van der Waals surface area contributed by atoms with Gasteiger partial charge in [0.15, 0.2) is 0 Å². The van der Waals surface area contributed by atoms with Gasteiger partial charge in [-0.2, -0.15) is 0 Å². The van der Waals surface area contributed by atoms with Gasteiger partial charge < -0.3 is 19.3 Å². The van der Waals surface area contributed by atoms with Crippen LogP contribution in [0.5, 0.6) is 5.75 Å². The molecule has 6 nitrogen and oxygen atoms in total. The maximum Gasteiger partial charge on any atom is 0.222 e. The van der Waals surface area contributed by atoms with E-state index >= 15 is 0 Å². The van der Waals surface area contributed by atoms with Gasteiger partial charge in [0.25, 0.3) is 0 Å². The molecule has 0 spiro atoms. The van der Waals surface area contributed by atoms with E-state index in [0.717, 1.165) is 38.1 Å². The molecule has 2 fully saturated rings. The standard InChI is InChI=1S/C21H27N3O3/c25-20-12-17-14-24(13-16(17)11-19(20)23-9-8-22-15-23)21(26)7-4-10-27-18-5-2-1-3-6-18/h1-3,5-6,8-9,15-17,19-20,25H,4,7,10-14H2/t16-,17+,19-,20-/m1/s1. The van der Waals surface area contributed by atoms with Gasteiger partial charge in [0, 0.05) is 31.9 Å². The molecule has 4 atom stereocenters. The highest BCUT2D eigenvalue weighted by molar-refractivity contribution is 5.76. The fraction of sp³-hybridized carbons (Fsp3) is 0.524. The number of nitrogens with zero attached hydrogens (tertiary/aromatic N) is 3. The second-order valence-corrected chi connectivity index (χ2v) is 7.70. The average molecular weight is 369 g/mol. The molecule has 4 rings (SSSR count). The number of hydrogen-bond donors (Lipinski definition) is 1. The van der Waals surface area contributed by atoms with Gasteiger partial charge in [0.1, 0.15) is 5.75 Å². The maximum absolute atomic E-state index is 12.6. The summed E-state index contributed by atoms with van der Waals surface area (Å²) in [5, 5.41) is 10.5. The Labute approximate surface area is 159 Å². The van der Waals surface area contributed by atoms with Gasteiger partial charge in [-0.05, 0) is 43.2 Å². The number of imidazole rings is 1. The van der Waals surface area contributed by atoms with Crippen molar-refractivity contribution in [2.75, 3.05) is 19.7 Å². The van der Waals surface area contributed by atoms with Crippen LogP contribution in [0.3, 0.4) is 0 Å². The second kappa shape index (κ2) is 8.13. The molecule has 27 heavy (non-hydrogen) atoms. The number of benzene rings is 1. The lowest BCUT2D eigenvalue weighted by molar-refractivity contribution is -0.130. The molecule has 1 aliphatic carbocycles. The summed E-state index contributed by atoms with van der Waals surface area (Å²) in [5.41, 5.74) is 0. The van der Waals surface area contributed by atoms with Gasteiger partial charge in [-0.3, -0.25) is 4.79 Å². The van der Waals surface area contributed by atoms with Crippen LogP contribution in [0.15, 0.2) is 49.1 Å². The average Bonchev–Trinajstić information content (AvgIpc) is 3.34. The summed E-state index contributed by atoms with van der Waals surface area (Å²) in [6.07, 6.45) is 7.98. The fourth-order valence-electron chi connectivity index (χ4n) is 4.49. The molecule has 2 aliphatic rings. The molecule has 2 heterocycles. The third-order valence-corrected chi connectivity index (χ3v) is 5.92. The molecule has 1 saturated heterocycles. The van der Waals surface area contributed by atoms with E-state index in [2.05, 4.69) is 4.98 Å². The first kappa shape index (κ1) is 18.0. The minimum atomic E-state index is -0.366. The minimum absolute atomic E-state index is 0.0723. The number of aromatic nitrogens is 2. The number of fused-ring (bicyclic) bond motifs is 1. The number of hydrogen-bond acceptors (Lipinski definition) is 4. The number of aliphatic hydroxyl groups is 1. The normalized spacial score (nSPS) is 27.4. The number of carbonyl (C=O) groups excluding carboxylic acids is 1. The molecule has 1 amide bonds. The Hall–Kier alpha value is -2.34. The van der Waals surface area contributed by atoms with E-state index in [4.69, 9.17) is 4.74 Å². The van der Waals surface area contributed by atoms with Gasteiger partial charge in [0.05, 0.1) is 25.1 Å². The van der Waals surface area contributed by atoms with Crippen molar-refractivity contribution in [2.45, 2.75) is 37.8 Å². The van der Waals surface area contributed by atoms with E-state index in [1.807, 2.05) is 46.0 Å².